The summed E-state index contributed by atoms with van der Waals surface area (Å²) in [5.74, 6) is -0.631. The molecule has 6 nitrogen and oxygen atoms in total. The largest absolute Gasteiger partial charge is 0.418 e. The van der Waals surface area contributed by atoms with Gasteiger partial charge in [0.25, 0.3) is 5.91 Å². The van der Waals surface area contributed by atoms with Crippen LogP contribution in [-0.2, 0) is 11.0 Å². The second kappa shape index (κ2) is 9.94. The van der Waals surface area contributed by atoms with E-state index in [1.807, 2.05) is 42.2 Å². The van der Waals surface area contributed by atoms with Gasteiger partial charge < -0.3 is 10.2 Å². The molecule has 10 heteroatoms. The number of piperazine rings is 1. The van der Waals surface area contributed by atoms with Gasteiger partial charge in [-0.3, -0.25) is 14.5 Å². The summed E-state index contributed by atoms with van der Waals surface area (Å²) >= 11 is 1.35. The molecular formula is C24H23F3N4O2S. The Bertz CT molecular complexity index is 1170. The van der Waals surface area contributed by atoms with Crippen molar-refractivity contribution in [2.24, 2.45) is 0 Å². The predicted molar refractivity (Wildman–Crippen MR) is 125 cm³/mol. The number of hydrogen-bond donors (Lipinski definition) is 1. The molecule has 3 aromatic rings. The van der Waals surface area contributed by atoms with E-state index in [0.29, 0.717) is 36.8 Å². The Morgan fingerprint density at radius 3 is 2.32 bits per heavy atom. The minimum absolute atomic E-state index is 0.0524. The maximum atomic E-state index is 13.2. The number of nitrogens with one attached hydrogen (secondary N) is 1. The highest BCUT2D eigenvalue weighted by atomic mass is 32.1. The fourth-order valence-corrected chi connectivity index (χ4v) is 4.76. The molecule has 1 aromatic heterocycles. The molecule has 4 rings (SSSR count). The second-order valence-corrected chi connectivity index (χ2v) is 9.14. The molecule has 0 saturated carbocycles. The van der Waals surface area contributed by atoms with Crippen molar-refractivity contribution in [1.29, 1.82) is 0 Å². The topological polar surface area (TPSA) is 65.5 Å². The lowest BCUT2D eigenvalue weighted by molar-refractivity contribution is -0.137. The first-order valence-electron chi connectivity index (χ1n) is 10.7. The third-order valence-electron chi connectivity index (χ3n) is 5.51. The monoisotopic (exact) mass is 488 g/mol. The van der Waals surface area contributed by atoms with E-state index >= 15 is 0 Å². The van der Waals surface area contributed by atoms with Gasteiger partial charge in [-0.1, -0.05) is 42.5 Å². The molecule has 34 heavy (non-hydrogen) atoms. The SMILES string of the molecule is Cc1nc(-c2ccccc2)c(C(=O)N2CCN(CC(=O)Nc3ccccc3C(F)(F)F)CC2)s1. The van der Waals surface area contributed by atoms with Crippen molar-refractivity contribution in [2.75, 3.05) is 38.0 Å². The predicted octanol–water partition coefficient (Wildman–Crippen LogP) is 4.53. The first-order chi connectivity index (χ1) is 16.2. The number of alkyl halides is 3. The minimum Gasteiger partial charge on any atom is -0.335 e. The lowest BCUT2D eigenvalue weighted by Gasteiger charge is -2.34. The summed E-state index contributed by atoms with van der Waals surface area (Å²) in [6.07, 6.45) is -4.55. The van der Waals surface area contributed by atoms with E-state index in [1.54, 1.807) is 4.90 Å². The number of benzene rings is 2. The van der Waals surface area contributed by atoms with E-state index in [2.05, 4.69) is 10.3 Å². The number of aryl methyl sites for hydroxylation is 1. The van der Waals surface area contributed by atoms with Gasteiger partial charge in [-0.25, -0.2) is 4.98 Å². The standard InChI is InChI=1S/C24H23F3N4O2S/c1-16-28-21(17-7-3-2-4-8-17)22(34-16)23(33)31-13-11-30(12-14-31)15-20(32)29-19-10-6-5-9-18(19)24(25,26)27/h2-10H,11-15H2,1H3,(H,29,32). The zero-order valence-electron chi connectivity index (χ0n) is 18.4. The maximum absolute atomic E-state index is 13.2. The smallest absolute Gasteiger partial charge is 0.335 e. The Labute approximate surface area is 199 Å². The molecule has 1 N–H and O–H groups in total. The van der Waals surface area contributed by atoms with Gasteiger partial charge in [0.1, 0.15) is 4.88 Å². The third-order valence-corrected chi connectivity index (χ3v) is 6.47. The zero-order valence-corrected chi connectivity index (χ0v) is 19.2. The average molecular weight is 489 g/mol. The van der Waals surface area contributed by atoms with Crippen LogP contribution in [0.5, 0.6) is 0 Å². The number of anilines is 1. The Kier molecular flexibility index (Phi) is 6.99. The summed E-state index contributed by atoms with van der Waals surface area (Å²) in [5.41, 5.74) is 0.401. The van der Waals surface area contributed by atoms with Gasteiger partial charge in [-0.2, -0.15) is 13.2 Å². The van der Waals surface area contributed by atoms with Crippen LogP contribution in [0.4, 0.5) is 18.9 Å². The fraction of sp³-hybridized carbons (Fsp3) is 0.292. The van der Waals surface area contributed by atoms with Gasteiger partial charge in [0.15, 0.2) is 0 Å². The molecule has 1 aliphatic heterocycles. The highest BCUT2D eigenvalue weighted by Crippen LogP contribution is 2.34. The maximum Gasteiger partial charge on any atom is 0.418 e. The number of thiazole rings is 1. The Morgan fingerprint density at radius 1 is 1.00 bits per heavy atom. The van der Waals surface area contributed by atoms with E-state index < -0.39 is 17.6 Å². The Morgan fingerprint density at radius 2 is 1.65 bits per heavy atom. The number of carbonyl (C=O) groups excluding carboxylic acids is 2. The lowest BCUT2D eigenvalue weighted by atomic mass is 10.1. The van der Waals surface area contributed by atoms with Gasteiger partial charge in [0.2, 0.25) is 5.91 Å². The van der Waals surface area contributed by atoms with Crippen LogP contribution in [-0.4, -0.2) is 59.3 Å². The molecule has 0 aliphatic carbocycles. The lowest BCUT2D eigenvalue weighted by Crippen LogP contribution is -2.50. The first-order valence-corrected chi connectivity index (χ1v) is 11.5. The summed E-state index contributed by atoms with van der Waals surface area (Å²) in [6.45, 7) is 3.52. The molecule has 1 aliphatic rings. The minimum atomic E-state index is -4.55. The summed E-state index contributed by atoms with van der Waals surface area (Å²) in [7, 11) is 0. The van der Waals surface area contributed by atoms with Crippen molar-refractivity contribution in [2.45, 2.75) is 13.1 Å². The molecular weight excluding hydrogens is 465 g/mol. The van der Waals surface area contributed by atoms with Gasteiger partial charge in [0.05, 0.1) is 28.5 Å². The van der Waals surface area contributed by atoms with E-state index in [1.165, 1.54) is 29.5 Å². The molecule has 2 aromatic carbocycles. The number of nitrogens with zero attached hydrogens (tertiary/aromatic N) is 3. The molecule has 0 spiro atoms. The number of aromatic nitrogens is 1. The quantitative estimate of drug-likeness (QED) is 0.573. The van der Waals surface area contributed by atoms with Crippen LogP contribution in [0.1, 0.15) is 20.2 Å². The third kappa shape index (κ3) is 5.45. The van der Waals surface area contributed by atoms with E-state index in [9.17, 15) is 22.8 Å². The normalized spacial score (nSPS) is 14.8. The number of halogens is 3. The number of hydrogen-bond acceptors (Lipinski definition) is 5. The highest BCUT2D eigenvalue weighted by Gasteiger charge is 2.34. The number of carbonyl (C=O) groups is 2. The average Bonchev–Trinajstić information content (AvgIpc) is 3.21. The van der Waals surface area contributed by atoms with Crippen molar-refractivity contribution >= 4 is 28.8 Å². The molecule has 0 unspecified atom stereocenters. The molecule has 2 amide bonds. The summed E-state index contributed by atoms with van der Waals surface area (Å²) in [4.78, 5) is 34.3. The van der Waals surface area contributed by atoms with Crippen LogP contribution in [0.2, 0.25) is 0 Å². The second-order valence-electron chi connectivity index (χ2n) is 7.94. The molecule has 0 bridgehead atoms. The molecule has 0 atom stereocenters. The first kappa shape index (κ1) is 23.9. The van der Waals surface area contributed by atoms with Crippen LogP contribution in [0.3, 0.4) is 0 Å². The van der Waals surface area contributed by atoms with Crippen LogP contribution in [0, 0.1) is 6.92 Å². The molecule has 2 heterocycles. The highest BCUT2D eigenvalue weighted by molar-refractivity contribution is 7.14. The van der Waals surface area contributed by atoms with E-state index in [0.717, 1.165) is 16.6 Å². The van der Waals surface area contributed by atoms with Crippen LogP contribution in [0.15, 0.2) is 54.6 Å². The van der Waals surface area contributed by atoms with Crippen LogP contribution >= 0.6 is 11.3 Å². The van der Waals surface area contributed by atoms with Crippen molar-refractivity contribution in [3.05, 3.63) is 70.0 Å². The van der Waals surface area contributed by atoms with Gasteiger partial charge in [0, 0.05) is 31.7 Å². The summed E-state index contributed by atoms with van der Waals surface area (Å²) in [5, 5.41) is 3.17. The fourth-order valence-electron chi connectivity index (χ4n) is 3.85. The van der Waals surface area contributed by atoms with Crippen molar-refractivity contribution in [3.8, 4) is 11.3 Å². The van der Waals surface area contributed by atoms with Crippen LogP contribution in [0.25, 0.3) is 11.3 Å². The number of amides is 2. The number of para-hydroxylation sites is 1. The van der Waals surface area contributed by atoms with Crippen LogP contribution < -0.4 is 5.32 Å². The molecule has 0 radical (unpaired) electrons. The summed E-state index contributed by atoms with van der Waals surface area (Å²) < 4.78 is 39.5. The number of rotatable bonds is 5. The van der Waals surface area contributed by atoms with E-state index in [-0.39, 0.29) is 18.1 Å². The van der Waals surface area contributed by atoms with Gasteiger partial charge in [-0.15, -0.1) is 11.3 Å². The van der Waals surface area contributed by atoms with Crippen molar-refractivity contribution in [1.82, 2.24) is 14.8 Å². The Balaban J connectivity index is 1.36. The zero-order chi connectivity index (χ0) is 24.3. The van der Waals surface area contributed by atoms with Crippen molar-refractivity contribution < 1.29 is 22.8 Å². The van der Waals surface area contributed by atoms with E-state index in [4.69, 9.17) is 0 Å². The molecule has 178 valence electrons. The van der Waals surface area contributed by atoms with Crippen molar-refractivity contribution in [3.63, 3.8) is 0 Å². The molecule has 1 saturated heterocycles. The Hall–Kier alpha value is -3.24. The van der Waals surface area contributed by atoms with Gasteiger partial charge in [-0.05, 0) is 19.1 Å². The molecule has 1 fully saturated rings. The summed E-state index contributed by atoms with van der Waals surface area (Å²) in [6, 6.07) is 14.4. The van der Waals surface area contributed by atoms with Gasteiger partial charge >= 0.3 is 6.18 Å².